The summed E-state index contributed by atoms with van der Waals surface area (Å²) in [6.07, 6.45) is 0. The minimum Gasteiger partial charge on any atom is -0.266 e. The number of hydrogen-bond acceptors (Lipinski definition) is 5. The van der Waals surface area contributed by atoms with Crippen LogP contribution in [-0.2, 0) is 7.05 Å². The number of pyridine rings is 1. The summed E-state index contributed by atoms with van der Waals surface area (Å²) >= 11 is 1.37. The van der Waals surface area contributed by atoms with E-state index in [9.17, 15) is 4.79 Å². The van der Waals surface area contributed by atoms with Crippen molar-refractivity contribution in [3.8, 4) is 0 Å². The summed E-state index contributed by atoms with van der Waals surface area (Å²) in [5.41, 5.74) is 1.46. The molecule has 0 aliphatic carbocycles. The van der Waals surface area contributed by atoms with Gasteiger partial charge in [0.2, 0.25) is 0 Å². The molecule has 0 N–H and O–H groups in total. The van der Waals surface area contributed by atoms with Crippen LogP contribution in [0.4, 0.5) is 0 Å². The van der Waals surface area contributed by atoms with Crippen molar-refractivity contribution in [1.82, 2.24) is 20.0 Å². The van der Waals surface area contributed by atoms with Gasteiger partial charge in [-0.25, -0.2) is 9.67 Å². The average molecular weight is 232 g/mol. The van der Waals surface area contributed by atoms with Crippen LogP contribution in [-0.4, -0.2) is 20.0 Å². The number of rotatable bonds is 0. The van der Waals surface area contributed by atoms with E-state index < -0.39 is 0 Å². The van der Waals surface area contributed by atoms with Crippen LogP contribution in [0.5, 0.6) is 0 Å². The zero-order chi connectivity index (χ0) is 11.3. The van der Waals surface area contributed by atoms with E-state index in [2.05, 4.69) is 15.3 Å². The predicted octanol–water partition coefficient (Wildman–Crippen LogP) is 1.25. The van der Waals surface area contributed by atoms with Crippen LogP contribution >= 0.6 is 11.3 Å². The van der Waals surface area contributed by atoms with Crippen LogP contribution in [0.15, 0.2) is 16.9 Å². The molecule has 3 rings (SSSR count). The third kappa shape index (κ3) is 1.16. The lowest BCUT2D eigenvalue weighted by Crippen LogP contribution is -2.19. The molecule has 0 unspecified atom stereocenters. The highest BCUT2D eigenvalue weighted by Gasteiger charge is 2.11. The van der Waals surface area contributed by atoms with Crippen molar-refractivity contribution in [2.24, 2.45) is 7.05 Å². The summed E-state index contributed by atoms with van der Waals surface area (Å²) in [4.78, 5) is 17.1. The Morgan fingerprint density at radius 3 is 3.00 bits per heavy atom. The molecular weight excluding hydrogens is 224 g/mol. The highest BCUT2D eigenvalue weighted by atomic mass is 32.1. The molecule has 0 atom stereocenters. The van der Waals surface area contributed by atoms with Crippen molar-refractivity contribution in [2.75, 3.05) is 0 Å². The van der Waals surface area contributed by atoms with Gasteiger partial charge in [0.1, 0.15) is 15.0 Å². The van der Waals surface area contributed by atoms with Gasteiger partial charge in [0.25, 0.3) is 5.56 Å². The quantitative estimate of drug-likeness (QED) is 0.585. The Morgan fingerprint density at radius 2 is 2.19 bits per heavy atom. The first-order valence-corrected chi connectivity index (χ1v) is 5.58. The maximum absolute atomic E-state index is 11.8. The monoisotopic (exact) mass is 232 g/mol. The molecule has 0 saturated heterocycles. The summed E-state index contributed by atoms with van der Waals surface area (Å²) < 4.78 is 1.86. The van der Waals surface area contributed by atoms with E-state index >= 15 is 0 Å². The minimum absolute atomic E-state index is 0.120. The molecule has 3 aromatic heterocycles. The summed E-state index contributed by atoms with van der Waals surface area (Å²) in [5, 5.41) is 8.73. The van der Waals surface area contributed by atoms with E-state index in [0.717, 1.165) is 15.9 Å². The van der Waals surface area contributed by atoms with Gasteiger partial charge in [-0.05, 0) is 19.1 Å². The smallest absolute Gasteiger partial charge is 0.266 e. The normalized spacial score (nSPS) is 11.4. The van der Waals surface area contributed by atoms with Crippen LogP contribution in [0, 0.1) is 6.92 Å². The van der Waals surface area contributed by atoms with Gasteiger partial charge >= 0.3 is 0 Å². The third-order valence-corrected chi connectivity index (χ3v) is 3.51. The van der Waals surface area contributed by atoms with Gasteiger partial charge in [0.15, 0.2) is 0 Å². The molecule has 80 valence electrons. The fraction of sp³-hybridized carbons (Fsp3) is 0.200. The van der Waals surface area contributed by atoms with E-state index in [-0.39, 0.29) is 5.56 Å². The molecule has 0 saturated carbocycles. The van der Waals surface area contributed by atoms with Gasteiger partial charge in [-0.3, -0.25) is 4.79 Å². The Kier molecular flexibility index (Phi) is 1.81. The third-order valence-electron chi connectivity index (χ3n) is 2.44. The molecule has 0 amide bonds. The molecule has 3 aromatic rings. The highest BCUT2D eigenvalue weighted by Crippen LogP contribution is 2.28. The van der Waals surface area contributed by atoms with E-state index in [4.69, 9.17) is 0 Å². The lowest BCUT2D eigenvalue weighted by molar-refractivity contribution is 0.658. The van der Waals surface area contributed by atoms with Crippen LogP contribution in [0.1, 0.15) is 5.69 Å². The van der Waals surface area contributed by atoms with E-state index in [0.29, 0.717) is 10.2 Å². The maximum Gasteiger partial charge on any atom is 0.287 e. The fourth-order valence-electron chi connectivity index (χ4n) is 1.60. The number of nitrogens with zero attached hydrogens (tertiary/aromatic N) is 4. The van der Waals surface area contributed by atoms with Crippen LogP contribution in [0.3, 0.4) is 0 Å². The SMILES string of the molecule is Cc1ccc2c(n1)sc1c(=O)n(C)nnc12. The second-order valence-electron chi connectivity index (χ2n) is 3.60. The first kappa shape index (κ1) is 9.41. The molecule has 0 spiro atoms. The Hall–Kier alpha value is -1.82. The summed E-state index contributed by atoms with van der Waals surface area (Å²) in [6, 6.07) is 3.85. The molecule has 6 heteroatoms. The van der Waals surface area contributed by atoms with E-state index in [1.807, 2.05) is 19.1 Å². The zero-order valence-corrected chi connectivity index (χ0v) is 9.58. The molecule has 0 fully saturated rings. The van der Waals surface area contributed by atoms with E-state index in [1.54, 1.807) is 7.05 Å². The van der Waals surface area contributed by atoms with Crippen molar-refractivity contribution < 1.29 is 0 Å². The van der Waals surface area contributed by atoms with Crippen molar-refractivity contribution in [2.45, 2.75) is 6.92 Å². The summed E-state index contributed by atoms with van der Waals surface area (Å²) in [7, 11) is 1.60. The number of thiophene rings is 1. The molecule has 5 nitrogen and oxygen atoms in total. The van der Waals surface area contributed by atoms with Crippen molar-refractivity contribution in [3.63, 3.8) is 0 Å². The standard InChI is InChI=1S/C10H8N4OS/c1-5-3-4-6-7-8(16-9(6)11-5)10(15)14(2)13-12-7/h3-4H,1-2H3. The fourth-order valence-corrected chi connectivity index (χ4v) is 2.73. The lowest BCUT2D eigenvalue weighted by Gasteiger charge is -1.93. The highest BCUT2D eigenvalue weighted by molar-refractivity contribution is 7.25. The molecule has 0 aliphatic heterocycles. The van der Waals surface area contributed by atoms with E-state index in [1.165, 1.54) is 16.0 Å². The topological polar surface area (TPSA) is 60.7 Å². The van der Waals surface area contributed by atoms with Crippen molar-refractivity contribution in [1.29, 1.82) is 0 Å². The maximum atomic E-state index is 11.8. The van der Waals surface area contributed by atoms with Gasteiger partial charge < -0.3 is 0 Å². The summed E-state index contributed by atoms with van der Waals surface area (Å²) in [6.45, 7) is 1.92. The number of fused-ring (bicyclic) bond motifs is 3. The molecular formula is C10H8N4OS. The Balaban J connectivity index is 2.60. The predicted molar refractivity (Wildman–Crippen MR) is 62.7 cm³/mol. The van der Waals surface area contributed by atoms with Crippen LogP contribution in [0.2, 0.25) is 0 Å². The van der Waals surface area contributed by atoms with Gasteiger partial charge in [-0.2, -0.15) is 0 Å². The van der Waals surface area contributed by atoms with Gasteiger partial charge in [0.05, 0.1) is 0 Å². The second kappa shape index (κ2) is 3.08. The van der Waals surface area contributed by atoms with Gasteiger partial charge in [0, 0.05) is 18.1 Å². The first-order valence-electron chi connectivity index (χ1n) is 4.76. The minimum atomic E-state index is -0.120. The summed E-state index contributed by atoms with van der Waals surface area (Å²) in [5.74, 6) is 0. The van der Waals surface area contributed by atoms with Gasteiger partial charge in [-0.1, -0.05) is 5.21 Å². The Bertz CT molecular complexity index is 758. The number of hydrogen-bond donors (Lipinski definition) is 0. The zero-order valence-electron chi connectivity index (χ0n) is 8.76. The molecule has 3 heterocycles. The first-order chi connectivity index (χ1) is 7.66. The van der Waals surface area contributed by atoms with Crippen molar-refractivity contribution in [3.05, 3.63) is 28.2 Å². The average Bonchev–Trinajstić information content (AvgIpc) is 2.62. The number of aromatic nitrogens is 4. The van der Waals surface area contributed by atoms with Crippen LogP contribution < -0.4 is 5.56 Å². The Labute approximate surface area is 94.4 Å². The molecule has 0 radical (unpaired) electrons. The molecule has 0 aromatic carbocycles. The van der Waals surface area contributed by atoms with Gasteiger partial charge in [-0.15, -0.1) is 16.4 Å². The largest absolute Gasteiger partial charge is 0.287 e. The molecule has 16 heavy (non-hydrogen) atoms. The Morgan fingerprint density at radius 1 is 1.38 bits per heavy atom. The van der Waals surface area contributed by atoms with Crippen molar-refractivity contribution >= 4 is 31.8 Å². The number of aryl methyl sites for hydroxylation is 2. The van der Waals surface area contributed by atoms with Crippen LogP contribution in [0.25, 0.3) is 20.4 Å². The second-order valence-corrected chi connectivity index (χ2v) is 4.60. The molecule has 0 aliphatic rings. The lowest BCUT2D eigenvalue weighted by atomic mass is 10.3. The molecule has 0 bridgehead atoms.